The van der Waals surface area contributed by atoms with Crippen molar-refractivity contribution < 1.29 is 0 Å². The third-order valence-corrected chi connectivity index (χ3v) is 4.97. The van der Waals surface area contributed by atoms with Crippen molar-refractivity contribution in [2.75, 3.05) is 0 Å². The smallest absolute Gasteiger partial charge is 0.0103 e. The molecule has 0 aromatic carbocycles. The second-order valence-electron chi connectivity index (χ2n) is 7.46. The topological polar surface area (TPSA) is 12.0 Å². The van der Waals surface area contributed by atoms with Gasteiger partial charge in [0.2, 0.25) is 0 Å². The second-order valence-corrected chi connectivity index (χ2v) is 7.46. The molecular formula is C14H27N. The van der Waals surface area contributed by atoms with E-state index < -0.39 is 0 Å². The van der Waals surface area contributed by atoms with Crippen molar-refractivity contribution in [3.8, 4) is 0 Å². The Morgan fingerprint density at radius 1 is 1.13 bits per heavy atom. The zero-order valence-corrected chi connectivity index (χ0v) is 11.2. The van der Waals surface area contributed by atoms with Crippen molar-refractivity contribution in [2.24, 2.45) is 23.2 Å². The van der Waals surface area contributed by atoms with Crippen LogP contribution in [-0.2, 0) is 0 Å². The van der Waals surface area contributed by atoms with Crippen molar-refractivity contribution in [3.05, 3.63) is 0 Å². The van der Waals surface area contributed by atoms with E-state index in [1.807, 2.05) is 0 Å². The van der Waals surface area contributed by atoms with Crippen LogP contribution < -0.4 is 5.32 Å². The van der Waals surface area contributed by atoms with E-state index in [9.17, 15) is 0 Å². The van der Waals surface area contributed by atoms with Gasteiger partial charge in [-0.25, -0.2) is 0 Å². The van der Waals surface area contributed by atoms with Crippen molar-refractivity contribution in [2.45, 2.75) is 66.0 Å². The van der Waals surface area contributed by atoms with E-state index in [2.05, 4.69) is 46.9 Å². The van der Waals surface area contributed by atoms with Gasteiger partial charge in [-0.3, -0.25) is 0 Å². The summed E-state index contributed by atoms with van der Waals surface area (Å²) in [6.07, 6.45) is 2.87. The second kappa shape index (κ2) is 3.23. The van der Waals surface area contributed by atoms with E-state index >= 15 is 0 Å². The van der Waals surface area contributed by atoms with Crippen LogP contribution in [-0.4, -0.2) is 11.6 Å². The van der Waals surface area contributed by atoms with Crippen LogP contribution in [0.4, 0.5) is 0 Å². The van der Waals surface area contributed by atoms with Gasteiger partial charge in [0.1, 0.15) is 0 Å². The van der Waals surface area contributed by atoms with E-state index in [-0.39, 0.29) is 5.54 Å². The molecule has 4 atom stereocenters. The lowest BCUT2D eigenvalue weighted by Gasteiger charge is -2.62. The molecule has 0 aromatic rings. The molecule has 1 heteroatoms. The summed E-state index contributed by atoms with van der Waals surface area (Å²) in [4.78, 5) is 0. The molecule has 0 unspecified atom stereocenters. The summed E-state index contributed by atoms with van der Waals surface area (Å²) in [6.45, 7) is 14.2. The Labute approximate surface area is 95.0 Å². The molecule has 3 saturated carbocycles. The Morgan fingerprint density at radius 2 is 1.73 bits per heavy atom. The monoisotopic (exact) mass is 209 g/mol. The zero-order chi connectivity index (χ0) is 11.4. The maximum Gasteiger partial charge on any atom is 0.0103 e. The van der Waals surface area contributed by atoms with Crippen molar-refractivity contribution >= 4 is 0 Å². The molecule has 0 amide bonds. The van der Waals surface area contributed by atoms with Crippen molar-refractivity contribution in [1.82, 2.24) is 5.32 Å². The average molecular weight is 209 g/mol. The summed E-state index contributed by atoms with van der Waals surface area (Å²) >= 11 is 0. The minimum Gasteiger partial charge on any atom is -0.309 e. The van der Waals surface area contributed by atoms with Crippen molar-refractivity contribution in [1.29, 1.82) is 0 Å². The van der Waals surface area contributed by atoms with Crippen LogP contribution in [0.15, 0.2) is 0 Å². The highest BCUT2D eigenvalue weighted by atomic mass is 15.0. The molecule has 88 valence electrons. The summed E-state index contributed by atoms with van der Waals surface area (Å²) in [7, 11) is 0. The number of hydrogen-bond donors (Lipinski definition) is 1. The average Bonchev–Trinajstić information content (AvgIpc) is 2.05. The predicted molar refractivity (Wildman–Crippen MR) is 65.8 cm³/mol. The standard InChI is InChI=1S/C14H27N/c1-9-11-7-10(14(11,5)6)8-12(9)15-13(2,3)4/h9-12,15H,7-8H2,1-6H3/t9-,10+,11-,12-/m1/s1. The van der Waals surface area contributed by atoms with Gasteiger partial charge in [0.15, 0.2) is 0 Å². The molecule has 0 radical (unpaired) electrons. The molecule has 0 heterocycles. The van der Waals surface area contributed by atoms with Gasteiger partial charge in [-0.1, -0.05) is 20.8 Å². The molecule has 1 N–H and O–H groups in total. The van der Waals surface area contributed by atoms with E-state index in [1.165, 1.54) is 12.8 Å². The zero-order valence-electron chi connectivity index (χ0n) is 11.2. The first-order valence-electron chi connectivity index (χ1n) is 6.49. The summed E-state index contributed by atoms with van der Waals surface area (Å²) in [5.41, 5.74) is 0.891. The largest absolute Gasteiger partial charge is 0.309 e. The number of nitrogens with one attached hydrogen (secondary N) is 1. The molecular weight excluding hydrogens is 182 g/mol. The van der Waals surface area contributed by atoms with Crippen LogP contribution in [0.1, 0.15) is 54.4 Å². The fraction of sp³-hybridized carbons (Fsp3) is 1.00. The van der Waals surface area contributed by atoms with Crippen molar-refractivity contribution in [3.63, 3.8) is 0 Å². The van der Waals surface area contributed by atoms with Gasteiger partial charge in [0, 0.05) is 11.6 Å². The molecule has 2 bridgehead atoms. The van der Waals surface area contributed by atoms with Crippen LogP contribution in [0.5, 0.6) is 0 Å². The highest BCUT2D eigenvalue weighted by Crippen LogP contribution is 2.61. The van der Waals surface area contributed by atoms with Crippen LogP contribution in [0.25, 0.3) is 0 Å². The molecule has 1 nitrogen and oxygen atoms in total. The highest BCUT2D eigenvalue weighted by molar-refractivity contribution is 5.07. The third-order valence-electron chi connectivity index (χ3n) is 4.97. The molecule has 0 spiro atoms. The van der Waals surface area contributed by atoms with Gasteiger partial charge in [-0.2, -0.15) is 0 Å². The quantitative estimate of drug-likeness (QED) is 0.697. The molecule has 0 saturated heterocycles. The minimum absolute atomic E-state index is 0.271. The Kier molecular flexibility index (Phi) is 2.46. The molecule has 3 fully saturated rings. The first-order chi connectivity index (χ1) is 6.72. The molecule has 0 aliphatic heterocycles. The highest BCUT2D eigenvalue weighted by Gasteiger charge is 2.56. The molecule has 0 aromatic heterocycles. The van der Waals surface area contributed by atoms with Crippen LogP contribution in [0.3, 0.4) is 0 Å². The van der Waals surface area contributed by atoms with Gasteiger partial charge in [0.05, 0.1) is 0 Å². The fourth-order valence-electron chi connectivity index (χ4n) is 3.90. The minimum atomic E-state index is 0.271. The first kappa shape index (κ1) is 11.4. The third kappa shape index (κ3) is 1.84. The van der Waals surface area contributed by atoms with Gasteiger partial charge < -0.3 is 5.32 Å². The number of fused-ring (bicyclic) bond motifs is 2. The first-order valence-corrected chi connectivity index (χ1v) is 6.49. The molecule has 15 heavy (non-hydrogen) atoms. The van der Waals surface area contributed by atoms with Crippen LogP contribution in [0.2, 0.25) is 0 Å². The Bertz CT molecular complexity index is 249. The fourth-order valence-corrected chi connectivity index (χ4v) is 3.90. The van der Waals surface area contributed by atoms with Gasteiger partial charge >= 0.3 is 0 Å². The number of rotatable bonds is 1. The van der Waals surface area contributed by atoms with E-state index in [0.29, 0.717) is 5.41 Å². The Morgan fingerprint density at radius 3 is 2.13 bits per heavy atom. The van der Waals surface area contributed by atoms with E-state index in [4.69, 9.17) is 0 Å². The maximum absolute atomic E-state index is 3.81. The van der Waals surface area contributed by atoms with Crippen LogP contribution >= 0.6 is 0 Å². The van der Waals surface area contributed by atoms with Gasteiger partial charge in [0.25, 0.3) is 0 Å². The molecule has 3 aliphatic rings. The summed E-state index contributed by atoms with van der Waals surface area (Å²) in [5.74, 6) is 2.78. The predicted octanol–water partition coefficient (Wildman–Crippen LogP) is 3.45. The number of hydrogen-bond acceptors (Lipinski definition) is 1. The van der Waals surface area contributed by atoms with E-state index in [0.717, 1.165) is 23.8 Å². The Balaban J connectivity index is 2.03. The summed E-state index contributed by atoms with van der Waals surface area (Å²) in [6, 6.07) is 0.752. The summed E-state index contributed by atoms with van der Waals surface area (Å²) in [5, 5.41) is 3.81. The van der Waals surface area contributed by atoms with Gasteiger partial charge in [-0.05, 0) is 56.8 Å². The molecule has 3 aliphatic carbocycles. The normalized spacial score (nSPS) is 43.6. The Hall–Kier alpha value is -0.0400. The van der Waals surface area contributed by atoms with Gasteiger partial charge in [-0.15, -0.1) is 0 Å². The summed E-state index contributed by atoms with van der Waals surface area (Å²) < 4.78 is 0. The van der Waals surface area contributed by atoms with Crippen LogP contribution in [0, 0.1) is 23.2 Å². The molecule has 3 rings (SSSR count). The lowest BCUT2D eigenvalue weighted by Crippen LogP contribution is -2.62. The van der Waals surface area contributed by atoms with E-state index in [1.54, 1.807) is 0 Å². The lowest BCUT2D eigenvalue weighted by atomic mass is 9.44. The SMILES string of the molecule is C[C@@H]1[C@H]2C[C@@H](C[C@H]1NC(C)(C)C)C2(C)C. The maximum atomic E-state index is 3.81. The lowest BCUT2D eigenvalue weighted by molar-refractivity contribution is -0.118.